The quantitative estimate of drug-likeness (QED) is 0.172. The van der Waals surface area contributed by atoms with Gasteiger partial charge in [-0.1, -0.05) is 77.4 Å². The van der Waals surface area contributed by atoms with E-state index in [1.807, 2.05) is 0 Å². The van der Waals surface area contributed by atoms with Crippen LogP contribution in [0.15, 0.2) is 85.2 Å². The molecule has 0 amide bonds. The highest BCUT2D eigenvalue weighted by Gasteiger charge is 2.56. The normalized spacial score (nSPS) is 17.3. The molecule has 0 bridgehead atoms. The predicted molar refractivity (Wildman–Crippen MR) is 174 cm³/mol. The minimum Gasteiger partial charge on any atom is -0.207 e. The second-order valence-electron chi connectivity index (χ2n) is 13.2. The van der Waals surface area contributed by atoms with Gasteiger partial charge in [-0.15, -0.1) is 0 Å². The number of aromatic nitrogens is 2. The molecule has 2 nitrogen and oxygen atoms in total. The topological polar surface area (TPSA) is 7.76 Å². The van der Waals surface area contributed by atoms with E-state index in [2.05, 4.69) is 130 Å². The second-order valence-corrected chi connectivity index (χ2v) is 13.2. The Bertz CT molecular complexity index is 1900. The van der Waals surface area contributed by atoms with Crippen molar-refractivity contribution in [1.82, 2.24) is 0 Å². The zero-order valence-electron chi connectivity index (χ0n) is 26.5. The van der Waals surface area contributed by atoms with Crippen molar-refractivity contribution in [1.29, 1.82) is 0 Å². The van der Waals surface area contributed by atoms with Gasteiger partial charge < -0.3 is 0 Å². The van der Waals surface area contributed by atoms with Gasteiger partial charge in [0.15, 0.2) is 17.9 Å². The van der Waals surface area contributed by atoms with Gasteiger partial charge in [0.1, 0.15) is 12.9 Å². The van der Waals surface area contributed by atoms with Crippen molar-refractivity contribution >= 4 is 10.8 Å². The summed E-state index contributed by atoms with van der Waals surface area (Å²) in [4.78, 5) is 0. The Balaban J connectivity index is 1.64. The van der Waals surface area contributed by atoms with Crippen molar-refractivity contribution < 1.29 is 13.5 Å². The number of rotatable bonds is 7. The lowest BCUT2D eigenvalue weighted by Crippen LogP contribution is -2.63. The first-order valence-electron chi connectivity index (χ1n) is 16.2. The van der Waals surface area contributed by atoms with Crippen LogP contribution in [0.5, 0.6) is 0 Å². The zero-order valence-corrected chi connectivity index (χ0v) is 26.5. The fraction of sp³-hybridized carbons (Fsp3) is 0.350. The summed E-state index contributed by atoms with van der Waals surface area (Å²) in [5.41, 5.74) is 10.1. The molecular weight excluding hydrogens is 527 g/mol. The first-order valence-corrected chi connectivity index (χ1v) is 16.2. The van der Waals surface area contributed by atoms with Gasteiger partial charge in [-0.3, -0.25) is 0 Å². The minimum atomic E-state index is -0.461. The van der Waals surface area contributed by atoms with Crippen LogP contribution in [0.4, 0.5) is 4.39 Å². The van der Waals surface area contributed by atoms with Crippen molar-refractivity contribution in [3.63, 3.8) is 0 Å². The maximum absolute atomic E-state index is 16.3. The van der Waals surface area contributed by atoms with Gasteiger partial charge in [-0.05, 0) is 58.7 Å². The molecule has 2 aromatic heterocycles. The zero-order chi connectivity index (χ0) is 30.1. The fourth-order valence-corrected chi connectivity index (χ4v) is 8.68. The molecule has 0 saturated carbocycles. The van der Waals surface area contributed by atoms with Crippen molar-refractivity contribution in [2.75, 3.05) is 0 Å². The van der Waals surface area contributed by atoms with Gasteiger partial charge >= 0.3 is 0 Å². The van der Waals surface area contributed by atoms with E-state index in [4.69, 9.17) is 0 Å². The van der Waals surface area contributed by atoms with Crippen molar-refractivity contribution in [2.45, 2.75) is 83.6 Å². The van der Waals surface area contributed by atoms with Crippen molar-refractivity contribution in [2.24, 2.45) is 7.05 Å². The number of pyridine rings is 2. The molecule has 0 spiro atoms. The number of benzene rings is 3. The Kier molecular flexibility index (Phi) is 6.57. The molecule has 218 valence electrons. The Morgan fingerprint density at radius 3 is 2.33 bits per heavy atom. The highest BCUT2D eigenvalue weighted by atomic mass is 19.1. The number of unbranched alkanes of at least 4 members (excludes halogenated alkanes) is 1. The lowest BCUT2D eigenvalue weighted by atomic mass is 9.61. The van der Waals surface area contributed by atoms with E-state index in [9.17, 15) is 0 Å². The maximum atomic E-state index is 16.3. The first-order chi connectivity index (χ1) is 20.8. The molecule has 0 fully saturated rings. The molecule has 1 aliphatic carbocycles. The van der Waals surface area contributed by atoms with Gasteiger partial charge in [-0.25, -0.2) is 8.96 Å². The maximum Gasteiger partial charge on any atom is 0.221 e. The Morgan fingerprint density at radius 2 is 1.58 bits per heavy atom. The standard InChI is InChI=1S/C40H43FN2/c1-7-10-15-26-19-21-31-34-27(26)23-25-43-38(34)35-30(20-22-32(41)37(35)39(31,4)5)36(40(43,8-2)9-3)29-17-12-11-16-28(29)33-18-13-14-24-42(33)6/h11-14,16-25,36H,7-10,15H2,1-6H3/q+2. The van der Waals surface area contributed by atoms with Gasteiger partial charge in [0, 0.05) is 42.0 Å². The van der Waals surface area contributed by atoms with E-state index in [-0.39, 0.29) is 17.3 Å². The van der Waals surface area contributed by atoms with Crippen LogP contribution in [0, 0.1) is 5.82 Å². The summed E-state index contributed by atoms with van der Waals surface area (Å²) in [5, 5.41) is 2.66. The van der Waals surface area contributed by atoms with E-state index >= 15 is 4.39 Å². The molecule has 1 atom stereocenters. The molecule has 0 N–H and O–H groups in total. The van der Waals surface area contributed by atoms with Crippen molar-refractivity contribution in [3.8, 4) is 22.5 Å². The molecule has 2 aliphatic rings. The van der Waals surface area contributed by atoms with E-state index in [0.29, 0.717) is 0 Å². The minimum absolute atomic E-state index is 0.0591. The van der Waals surface area contributed by atoms with Crippen LogP contribution in [0.1, 0.15) is 94.0 Å². The highest BCUT2D eigenvalue weighted by Crippen LogP contribution is 2.58. The summed E-state index contributed by atoms with van der Waals surface area (Å²) in [6, 6.07) is 26.2. The second kappa shape index (κ2) is 10.1. The average Bonchev–Trinajstić information content (AvgIpc) is 3.02. The lowest BCUT2D eigenvalue weighted by Gasteiger charge is -2.45. The number of hydrogen-bond acceptors (Lipinski definition) is 0. The largest absolute Gasteiger partial charge is 0.221 e. The molecule has 7 rings (SSSR count). The lowest BCUT2D eigenvalue weighted by molar-refractivity contribution is -0.760. The summed E-state index contributed by atoms with van der Waals surface area (Å²) < 4.78 is 21.1. The summed E-state index contributed by atoms with van der Waals surface area (Å²) in [5.74, 6) is -0.0427. The Morgan fingerprint density at radius 1 is 0.814 bits per heavy atom. The van der Waals surface area contributed by atoms with E-state index in [1.165, 1.54) is 62.8 Å². The van der Waals surface area contributed by atoms with Gasteiger partial charge in [-0.2, -0.15) is 4.57 Å². The molecule has 3 heterocycles. The van der Waals surface area contributed by atoms with Crippen LogP contribution in [0.3, 0.4) is 0 Å². The molecule has 5 aromatic rings. The first kappa shape index (κ1) is 28.0. The third-order valence-corrected chi connectivity index (χ3v) is 10.9. The number of halogens is 1. The molecule has 1 unspecified atom stereocenters. The van der Waals surface area contributed by atoms with Gasteiger partial charge in [0.2, 0.25) is 11.4 Å². The monoisotopic (exact) mass is 570 g/mol. The van der Waals surface area contributed by atoms with Crippen LogP contribution < -0.4 is 9.13 Å². The van der Waals surface area contributed by atoms with Crippen LogP contribution in [0.2, 0.25) is 0 Å². The number of hydrogen-bond donors (Lipinski definition) is 0. The van der Waals surface area contributed by atoms with E-state index < -0.39 is 5.41 Å². The highest BCUT2D eigenvalue weighted by molar-refractivity contribution is 6.03. The number of aryl methyl sites for hydroxylation is 2. The van der Waals surface area contributed by atoms with Gasteiger partial charge in [0.25, 0.3) is 0 Å². The molecule has 1 aliphatic heterocycles. The molecular formula is C40H43FN2+2. The molecule has 0 saturated heterocycles. The van der Waals surface area contributed by atoms with E-state index in [0.717, 1.165) is 30.4 Å². The molecule has 3 aromatic carbocycles. The molecule has 43 heavy (non-hydrogen) atoms. The average molecular weight is 571 g/mol. The number of nitrogens with zero attached hydrogens (tertiary/aromatic N) is 2. The molecule has 3 heteroatoms. The summed E-state index contributed by atoms with van der Waals surface area (Å²) >= 11 is 0. The Labute approximate surface area is 255 Å². The fourth-order valence-electron chi connectivity index (χ4n) is 8.68. The predicted octanol–water partition coefficient (Wildman–Crippen LogP) is 9.07. The van der Waals surface area contributed by atoms with Crippen LogP contribution in [-0.4, -0.2) is 0 Å². The van der Waals surface area contributed by atoms with Crippen molar-refractivity contribution in [3.05, 3.63) is 119 Å². The summed E-state index contributed by atoms with van der Waals surface area (Å²) in [6.45, 7) is 11.4. The third-order valence-electron chi connectivity index (χ3n) is 10.9. The van der Waals surface area contributed by atoms with Crippen LogP contribution >= 0.6 is 0 Å². The Hall–Kier alpha value is -3.85. The van der Waals surface area contributed by atoms with Gasteiger partial charge in [0.05, 0.1) is 22.4 Å². The smallest absolute Gasteiger partial charge is 0.207 e. The third kappa shape index (κ3) is 3.76. The van der Waals surface area contributed by atoms with Crippen LogP contribution in [0.25, 0.3) is 33.3 Å². The SMILES string of the molecule is CCCCc1ccc2c3c4[n+](ccc13)C(CC)(CC)C(c1ccccc1-c1cccc[n+]1C)c1ccc(F)c(c1-4)C2(C)C. The summed E-state index contributed by atoms with van der Waals surface area (Å²) in [6.07, 6.45) is 9.80. The van der Waals surface area contributed by atoms with E-state index in [1.54, 1.807) is 6.07 Å². The van der Waals surface area contributed by atoms with Crippen LogP contribution in [-0.2, 0) is 24.4 Å². The molecule has 0 radical (unpaired) electrons. The summed E-state index contributed by atoms with van der Waals surface area (Å²) in [7, 11) is 2.12.